The zero-order valence-electron chi connectivity index (χ0n) is 22.9. The summed E-state index contributed by atoms with van der Waals surface area (Å²) >= 11 is 0. The van der Waals surface area contributed by atoms with Crippen LogP contribution in [0.3, 0.4) is 0 Å². The van der Waals surface area contributed by atoms with E-state index in [2.05, 4.69) is 0 Å². The van der Waals surface area contributed by atoms with Gasteiger partial charge in [0.15, 0.2) is 0 Å². The average Bonchev–Trinajstić information content (AvgIpc) is 2.96. The Morgan fingerprint density at radius 1 is 0.902 bits per heavy atom. The quantitative estimate of drug-likeness (QED) is 0.330. The summed E-state index contributed by atoms with van der Waals surface area (Å²) in [4.78, 5) is 29.7. The maximum Gasteiger partial charge on any atom is 0.331 e. The van der Waals surface area contributed by atoms with E-state index in [9.17, 15) is 22.8 Å². The summed E-state index contributed by atoms with van der Waals surface area (Å²) in [5.74, 6) is -1.64. The highest BCUT2D eigenvalue weighted by atomic mass is 19.1. The number of hydrogen-bond acceptors (Lipinski definition) is 4. The van der Waals surface area contributed by atoms with Crippen molar-refractivity contribution >= 4 is 5.69 Å². The molecule has 0 aliphatic carbocycles. The zero-order valence-corrected chi connectivity index (χ0v) is 22.9. The van der Waals surface area contributed by atoms with Crippen molar-refractivity contribution in [1.29, 1.82) is 0 Å². The van der Waals surface area contributed by atoms with E-state index >= 15 is 0 Å². The van der Waals surface area contributed by atoms with Gasteiger partial charge in [-0.05, 0) is 67.5 Å². The summed E-state index contributed by atoms with van der Waals surface area (Å²) in [6, 6.07) is 18.5. The van der Waals surface area contributed by atoms with E-state index in [0.29, 0.717) is 30.9 Å². The summed E-state index contributed by atoms with van der Waals surface area (Å²) in [5, 5.41) is 0. The molecule has 0 radical (unpaired) electrons. The summed E-state index contributed by atoms with van der Waals surface area (Å²) in [6.45, 7) is 2.31. The molecule has 0 saturated carbocycles. The molecule has 2 unspecified atom stereocenters. The van der Waals surface area contributed by atoms with Crippen LogP contribution in [0.5, 0.6) is 0 Å². The number of anilines is 1. The van der Waals surface area contributed by atoms with Crippen LogP contribution in [0.15, 0.2) is 82.4 Å². The van der Waals surface area contributed by atoms with E-state index in [1.165, 1.54) is 22.8 Å². The molecule has 3 aromatic carbocycles. The molecular weight excluding hydrogens is 529 g/mol. The van der Waals surface area contributed by atoms with Gasteiger partial charge in [0, 0.05) is 30.4 Å². The largest absolute Gasteiger partial charge is 0.365 e. The van der Waals surface area contributed by atoms with Crippen LogP contribution in [0, 0.1) is 30.3 Å². The maximum atomic E-state index is 14.7. The van der Waals surface area contributed by atoms with Crippen LogP contribution in [-0.2, 0) is 19.5 Å². The monoisotopic (exact) mass is 562 g/mol. The van der Waals surface area contributed by atoms with Gasteiger partial charge in [-0.2, -0.15) is 0 Å². The molecule has 9 heteroatoms. The van der Waals surface area contributed by atoms with Gasteiger partial charge >= 0.3 is 5.69 Å². The topological polar surface area (TPSA) is 73.3 Å². The Kier molecular flexibility index (Phi) is 8.44. The number of halogens is 3. The van der Waals surface area contributed by atoms with Crippen molar-refractivity contribution in [3.05, 3.63) is 133 Å². The second-order valence-corrected chi connectivity index (χ2v) is 10.7. The number of hydrogen-bond donors (Lipinski definition) is 1. The first-order valence-corrected chi connectivity index (χ1v) is 13.8. The lowest BCUT2D eigenvalue weighted by atomic mass is 9.91. The molecule has 6 nitrogen and oxygen atoms in total. The van der Waals surface area contributed by atoms with E-state index in [0.717, 1.165) is 40.7 Å². The fourth-order valence-corrected chi connectivity index (χ4v) is 5.73. The number of aromatic nitrogens is 2. The summed E-state index contributed by atoms with van der Waals surface area (Å²) in [6.07, 6.45) is 2.46. The molecule has 5 rings (SSSR count). The number of benzene rings is 3. The highest BCUT2D eigenvalue weighted by Crippen LogP contribution is 2.26. The highest BCUT2D eigenvalue weighted by Gasteiger charge is 2.28. The zero-order chi connectivity index (χ0) is 29.1. The lowest BCUT2D eigenvalue weighted by Gasteiger charge is -2.35. The standard InChI is InChI=1S/C32H33F3N4O2/c1-21-30(37-16-6-7-23(18-37)17-22-12-14-25(33)15-13-22)31(40)39(20-29(36)24-8-3-2-4-9-24)32(41)38(21)19-26-27(34)10-5-11-28(26)35/h2-5,8-15,23,29H,6-7,16-20,36H2,1H3. The van der Waals surface area contributed by atoms with Gasteiger partial charge in [0.2, 0.25) is 0 Å². The molecule has 214 valence electrons. The molecule has 0 spiro atoms. The van der Waals surface area contributed by atoms with Gasteiger partial charge in [-0.15, -0.1) is 0 Å². The van der Waals surface area contributed by atoms with E-state index in [4.69, 9.17) is 5.73 Å². The predicted molar refractivity (Wildman–Crippen MR) is 154 cm³/mol. The van der Waals surface area contributed by atoms with Gasteiger partial charge in [-0.1, -0.05) is 48.5 Å². The van der Waals surface area contributed by atoms with Crippen molar-refractivity contribution < 1.29 is 13.2 Å². The van der Waals surface area contributed by atoms with Crippen LogP contribution < -0.4 is 21.9 Å². The molecule has 1 aliphatic rings. The molecule has 1 aromatic heterocycles. The molecular formula is C32H33F3N4O2. The minimum absolute atomic E-state index is 0.0957. The maximum absolute atomic E-state index is 14.7. The Morgan fingerprint density at radius 2 is 1.59 bits per heavy atom. The SMILES string of the molecule is Cc1c(N2CCCC(Cc3ccc(F)cc3)C2)c(=O)n(CC(N)c2ccccc2)c(=O)n1Cc1c(F)cccc1F. The molecule has 1 aliphatic heterocycles. The Morgan fingerprint density at radius 3 is 2.27 bits per heavy atom. The molecule has 0 amide bonds. The Bertz CT molecular complexity index is 1610. The Hall–Kier alpha value is -4.11. The van der Waals surface area contributed by atoms with Crippen molar-refractivity contribution in [1.82, 2.24) is 9.13 Å². The first-order valence-electron chi connectivity index (χ1n) is 13.8. The van der Waals surface area contributed by atoms with Crippen LogP contribution in [-0.4, -0.2) is 22.2 Å². The molecule has 0 bridgehead atoms. The highest BCUT2D eigenvalue weighted by molar-refractivity contribution is 5.50. The number of nitrogens with zero attached hydrogens (tertiary/aromatic N) is 3. The summed E-state index contributed by atoms with van der Waals surface area (Å²) in [5.41, 5.74) is 7.44. The minimum Gasteiger partial charge on any atom is -0.365 e. The van der Waals surface area contributed by atoms with Crippen molar-refractivity contribution in [2.75, 3.05) is 18.0 Å². The van der Waals surface area contributed by atoms with Crippen LogP contribution in [0.25, 0.3) is 0 Å². The van der Waals surface area contributed by atoms with Crippen molar-refractivity contribution in [2.45, 2.75) is 45.3 Å². The second kappa shape index (κ2) is 12.2. The van der Waals surface area contributed by atoms with Crippen molar-refractivity contribution in [2.24, 2.45) is 11.7 Å². The van der Waals surface area contributed by atoms with Gasteiger partial charge in [-0.25, -0.2) is 18.0 Å². The second-order valence-electron chi connectivity index (χ2n) is 10.7. The molecule has 2 heterocycles. The van der Waals surface area contributed by atoms with Crippen LogP contribution >= 0.6 is 0 Å². The number of piperidine rings is 1. The molecule has 4 aromatic rings. The smallest absolute Gasteiger partial charge is 0.331 e. The first-order chi connectivity index (χ1) is 19.7. The van der Waals surface area contributed by atoms with Gasteiger partial charge in [0.05, 0.1) is 13.1 Å². The van der Waals surface area contributed by atoms with Crippen LogP contribution in [0.2, 0.25) is 0 Å². The van der Waals surface area contributed by atoms with E-state index in [1.807, 2.05) is 35.2 Å². The Labute approximate surface area is 236 Å². The third-order valence-electron chi connectivity index (χ3n) is 7.91. The molecule has 41 heavy (non-hydrogen) atoms. The van der Waals surface area contributed by atoms with Gasteiger partial charge in [-0.3, -0.25) is 13.9 Å². The van der Waals surface area contributed by atoms with Gasteiger partial charge in [0.1, 0.15) is 23.1 Å². The van der Waals surface area contributed by atoms with E-state index in [1.54, 1.807) is 19.1 Å². The average molecular weight is 563 g/mol. The van der Waals surface area contributed by atoms with Gasteiger partial charge < -0.3 is 10.6 Å². The fourth-order valence-electron chi connectivity index (χ4n) is 5.73. The lowest BCUT2D eigenvalue weighted by molar-refractivity contribution is 0.408. The number of rotatable bonds is 8. The van der Waals surface area contributed by atoms with Crippen molar-refractivity contribution in [3.8, 4) is 0 Å². The van der Waals surface area contributed by atoms with Crippen LogP contribution in [0.4, 0.5) is 18.9 Å². The molecule has 1 fully saturated rings. The molecule has 2 N–H and O–H groups in total. The summed E-state index contributed by atoms with van der Waals surface area (Å²) < 4.78 is 45.1. The first kappa shape index (κ1) is 28.4. The fraction of sp³-hybridized carbons (Fsp3) is 0.312. The third-order valence-corrected chi connectivity index (χ3v) is 7.91. The Balaban J connectivity index is 1.56. The van der Waals surface area contributed by atoms with Crippen molar-refractivity contribution in [3.63, 3.8) is 0 Å². The van der Waals surface area contributed by atoms with Crippen LogP contribution in [0.1, 0.15) is 41.3 Å². The minimum atomic E-state index is -0.770. The molecule has 1 saturated heterocycles. The third kappa shape index (κ3) is 6.15. The number of nitrogens with two attached hydrogens (primary N) is 1. The van der Waals surface area contributed by atoms with E-state index in [-0.39, 0.29) is 30.4 Å². The molecule has 2 atom stereocenters. The summed E-state index contributed by atoms with van der Waals surface area (Å²) in [7, 11) is 0. The van der Waals surface area contributed by atoms with E-state index < -0.39 is 28.9 Å². The predicted octanol–water partition coefficient (Wildman–Crippen LogP) is 4.94. The normalized spacial score (nSPS) is 16.1. The lowest BCUT2D eigenvalue weighted by Crippen LogP contribution is -2.48. The van der Waals surface area contributed by atoms with Gasteiger partial charge in [0.25, 0.3) is 5.56 Å².